The van der Waals surface area contributed by atoms with Crippen LogP contribution >= 0.6 is 34.8 Å². The number of nitrogens with one attached hydrogen (secondary N) is 1. The fourth-order valence-corrected chi connectivity index (χ4v) is 4.56. The summed E-state index contributed by atoms with van der Waals surface area (Å²) >= 11 is 18.5. The normalized spacial score (nSPS) is 11.5. The van der Waals surface area contributed by atoms with Crippen LogP contribution in [0.15, 0.2) is 60.8 Å². The van der Waals surface area contributed by atoms with Crippen molar-refractivity contribution in [1.29, 1.82) is 0 Å². The maximum absolute atomic E-state index is 13.5. The Labute approximate surface area is 249 Å². The zero-order chi connectivity index (χ0) is 30.2. The lowest BCUT2D eigenvalue weighted by Gasteiger charge is -2.12. The van der Waals surface area contributed by atoms with Crippen LogP contribution in [-0.2, 0) is 12.7 Å². The third-order valence-corrected chi connectivity index (χ3v) is 6.53. The van der Waals surface area contributed by atoms with E-state index in [1.54, 1.807) is 12.1 Å². The third-order valence-electron chi connectivity index (χ3n) is 5.72. The zero-order valence-electron chi connectivity index (χ0n) is 20.8. The van der Waals surface area contributed by atoms with Crippen molar-refractivity contribution in [2.24, 2.45) is 5.73 Å². The predicted molar refractivity (Wildman–Crippen MR) is 147 cm³/mol. The smallest absolute Gasteiger partial charge is 0.366 e. The molecule has 17 heteroatoms. The van der Waals surface area contributed by atoms with Crippen LogP contribution < -0.4 is 11.1 Å². The van der Waals surface area contributed by atoms with Gasteiger partial charge in [0.25, 0.3) is 11.8 Å². The van der Waals surface area contributed by atoms with Crippen molar-refractivity contribution in [3.8, 4) is 17.2 Å². The number of hydrogen-bond donors (Lipinski definition) is 2. The number of primary amides is 1. The summed E-state index contributed by atoms with van der Waals surface area (Å²) < 4.78 is 39.8. The van der Waals surface area contributed by atoms with E-state index in [9.17, 15) is 22.8 Å². The molecule has 3 N–H and O–H groups in total. The van der Waals surface area contributed by atoms with Crippen molar-refractivity contribution in [3.05, 3.63) is 98.4 Å². The molecule has 0 aliphatic heterocycles. The monoisotopic (exact) mass is 635 g/mol. The van der Waals surface area contributed by atoms with E-state index in [1.807, 2.05) is 0 Å². The summed E-state index contributed by atoms with van der Waals surface area (Å²) in [7, 11) is 0. The highest BCUT2D eigenvalue weighted by Gasteiger charge is 2.30. The molecule has 3 aromatic heterocycles. The number of amides is 2. The Balaban J connectivity index is 1.47. The van der Waals surface area contributed by atoms with E-state index in [1.165, 1.54) is 41.2 Å². The Morgan fingerprint density at radius 1 is 0.976 bits per heavy atom. The van der Waals surface area contributed by atoms with Gasteiger partial charge in [-0.2, -0.15) is 23.1 Å². The minimum Gasteiger partial charge on any atom is -0.366 e. The molecule has 214 valence electrons. The second-order valence-corrected chi connectivity index (χ2v) is 9.84. The minimum absolute atomic E-state index is 0.0329. The van der Waals surface area contributed by atoms with Crippen LogP contribution in [0.2, 0.25) is 15.1 Å². The maximum atomic E-state index is 13.5. The number of rotatable bonds is 7. The molecule has 0 saturated carbocycles. The molecule has 0 atom stereocenters. The van der Waals surface area contributed by atoms with Crippen LogP contribution in [0.4, 0.5) is 18.9 Å². The van der Waals surface area contributed by atoms with Crippen molar-refractivity contribution in [2.45, 2.75) is 12.7 Å². The molecule has 0 aliphatic rings. The summed E-state index contributed by atoms with van der Waals surface area (Å²) in [5.74, 6) is -1.44. The molecule has 11 nitrogen and oxygen atoms in total. The van der Waals surface area contributed by atoms with Gasteiger partial charge in [0.2, 0.25) is 5.82 Å². The molecule has 0 radical (unpaired) electrons. The second-order valence-electron chi connectivity index (χ2n) is 8.59. The van der Waals surface area contributed by atoms with Gasteiger partial charge in [0, 0.05) is 16.8 Å². The van der Waals surface area contributed by atoms with Crippen molar-refractivity contribution in [2.75, 3.05) is 5.32 Å². The number of alkyl halides is 3. The molecular formula is C25H15Cl3F3N9O2. The summed E-state index contributed by atoms with van der Waals surface area (Å²) in [6.07, 6.45) is -3.04. The largest absolute Gasteiger partial charge is 0.416 e. The summed E-state index contributed by atoms with van der Waals surface area (Å²) in [5.41, 5.74) is 4.95. The topological polar surface area (TPSA) is 146 Å². The fraction of sp³-hybridized carbons (Fsp3) is 0.0800. The molecule has 2 amide bonds. The van der Waals surface area contributed by atoms with E-state index in [2.05, 4.69) is 30.8 Å². The van der Waals surface area contributed by atoms with E-state index < -0.39 is 23.6 Å². The van der Waals surface area contributed by atoms with Gasteiger partial charge in [-0.3, -0.25) is 9.59 Å². The van der Waals surface area contributed by atoms with Crippen LogP contribution in [0.3, 0.4) is 0 Å². The Bertz CT molecular complexity index is 1820. The summed E-state index contributed by atoms with van der Waals surface area (Å²) in [5, 5.41) is 19.3. The molecule has 5 rings (SSSR count). The molecule has 0 aliphatic carbocycles. The molecule has 0 fully saturated rings. The number of carbonyl (C=O) groups is 2. The minimum atomic E-state index is -4.48. The maximum Gasteiger partial charge on any atom is 0.416 e. The molecular weight excluding hydrogens is 622 g/mol. The summed E-state index contributed by atoms with van der Waals surface area (Å²) in [6, 6.07) is 11.4. The average molecular weight is 637 g/mol. The van der Waals surface area contributed by atoms with Crippen LogP contribution in [0.5, 0.6) is 0 Å². The first-order chi connectivity index (χ1) is 19.9. The van der Waals surface area contributed by atoms with Crippen LogP contribution in [0.25, 0.3) is 17.2 Å². The van der Waals surface area contributed by atoms with Crippen molar-refractivity contribution in [3.63, 3.8) is 0 Å². The van der Waals surface area contributed by atoms with E-state index in [-0.39, 0.29) is 55.9 Å². The van der Waals surface area contributed by atoms with Gasteiger partial charge in [-0.15, -0.1) is 10.2 Å². The lowest BCUT2D eigenvalue weighted by Crippen LogP contribution is -2.21. The quantitative estimate of drug-likeness (QED) is 0.247. The van der Waals surface area contributed by atoms with Crippen molar-refractivity contribution in [1.82, 2.24) is 35.0 Å². The first-order valence-electron chi connectivity index (χ1n) is 11.7. The molecule has 42 heavy (non-hydrogen) atoms. The summed E-state index contributed by atoms with van der Waals surface area (Å²) in [6.45, 7) is -0.0976. The molecule has 0 saturated heterocycles. The van der Waals surface area contributed by atoms with E-state index >= 15 is 0 Å². The second kappa shape index (κ2) is 11.4. The van der Waals surface area contributed by atoms with E-state index in [0.29, 0.717) is 5.56 Å². The Hall–Kier alpha value is -4.53. The number of nitrogens with two attached hydrogens (primary N) is 1. The number of halogens is 6. The molecule has 0 spiro atoms. The van der Waals surface area contributed by atoms with Crippen LogP contribution in [-0.4, -0.2) is 46.8 Å². The highest BCUT2D eigenvalue weighted by atomic mass is 35.5. The third kappa shape index (κ3) is 6.05. The number of hydrogen-bond acceptors (Lipinski definition) is 7. The lowest BCUT2D eigenvalue weighted by atomic mass is 10.1. The highest BCUT2D eigenvalue weighted by Crippen LogP contribution is 2.32. The van der Waals surface area contributed by atoms with Gasteiger partial charge in [0.05, 0.1) is 32.6 Å². The number of carbonyl (C=O) groups excluding carboxylic acids is 2. The molecule has 0 unspecified atom stereocenters. The number of benzene rings is 2. The Morgan fingerprint density at radius 3 is 2.38 bits per heavy atom. The predicted octanol–water partition coefficient (Wildman–Crippen LogP) is 5.30. The SMILES string of the molecule is NC(=O)c1cc(Cl)cc(Cl)c1NC(=O)c1cc(Cn2nnc(-c3ccc(C(F)(F)F)cc3)n2)nn1-c1ncccc1Cl. The first-order valence-corrected chi connectivity index (χ1v) is 12.8. The number of pyridine rings is 1. The van der Waals surface area contributed by atoms with Gasteiger partial charge in [0.15, 0.2) is 5.82 Å². The van der Waals surface area contributed by atoms with E-state index in [0.717, 1.165) is 16.9 Å². The van der Waals surface area contributed by atoms with Gasteiger partial charge in [-0.05, 0) is 47.7 Å². The first kappa shape index (κ1) is 29.0. The average Bonchev–Trinajstić information content (AvgIpc) is 3.57. The van der Waals surface area contributed by atoms with Gasteiger partial charge >= 0.3 is 6.18 Å². The highest BCUT2D eigenvalue weighted by molar-refractivity contribution is 6.38. The number of nitrogens with zero attached hydrogens (tertiary/aromatic N) is 7. The molecule has 0 bridgehead atoms. The van der Waals surface area contributed by atoms with Crippen molar-refractivity contribution >= 4 is 52.3 Å². The Kier molecular flexibility index (Phi) is 7.86. The Morgan fingerprint density at radius 2 is 1.71 bits per heavy atom. The summed E-state index contributed by atoms with van der Waals surface area (Å²) in [4.78, 5) is 30.8. The number of aromatic nitrogens is 7. The lowest BCUT2D eigenvalue weighted by molar-refractivity contribution is -0.137. The fourth-order valence-electron chi connectivity index (χ4n) is 3.82. The molecule has 5 aromatic rings. The van der Waals surface area contributed by atoms with Gasteiger partial charge < -0.3 is 11.1 Å². The van der Waals surface area contributed by atoms with Gasteiger partial charge in [0.1, 0.15) is 12.2 Å². The van der Waals surface area contributed by atoms with Crippen molar-refractivity contribution < 1.29 is 22.8 Å². The van der Waals surface area contributed by atoms with Gasteiger partial charge in [-0.25, -0.2) is 9.67 Å². The number of anilines is 1. The van der Waals surface area contributed by atoms with Crippen LogP contribution in [0, 0.1) is 0 Å². The zero-order valence-corrected chi connectivity index (χ0v) is 23.0. The molecule has 2 aromatic carbocycles. The van der Waals surface area contributed by atoms with E-state index in [4.69, 9.17) is 40.5 Å². The molecule has 3 heterocycles. The van der Waals surface area contributed by atoms with Crippen LogP contribution in [0.1, 0.15) is 32.1 Å². The standard InChI is InChI=1S/C25H15Cl3F3N9O2/c26-14-8-16(21(32)41)20(18(28)9-14)34-24(42)19-10-15(36-40(19)23-17(27)2-1-7-33-23)11-39-37-22(35-38-39)12-3-5-13(6-4-12)25(29,30)31/h1-10H,11H2,(H2,32,41)(H,34,42). The number of tetrazole rings is 1. The van der Waals surface area contributed by atoms with Gasteiger partial charge in [-0.1, -0.05) is 46.9 Å².